The number of methoxy groups -OCH3 is 1. The molecule has 1 aliphatic rings. The van der Waals surface area contributed by atoms with Gasteiger partial charge in [0.25, 0.3) is 0 Å². The number of carbonyl (C=O) groups excluding carboxylic acids is 1. The van der Waals surface area contributed by atoms with Gasteiger partial charge in [-0.05, 0) is 61.4 Å². The zero-order chi connectivity index (χ0) is 27.1. The van der Waals surface area contributed by atoms with E-state index >= 15 is 0 Å². The van der Waals surface area contributed by atoms with Crippen molar-refractivity contribution < 1.29 is 38.0 Å². The molecule has 202 valence electrons. The molecule has 1 aliphatic heterocycles. The number of ether oxygens (including phenoxy) is 3. The van der Waals surface area contributed by atoms with Crippen LogP contribution in [0.4, 0.5) is 8.78 Å². The number of aliphatic hydroxyl groups excluding tert-OH is 2. The summed E-state index contributed by atoms with van der Waals surface area (Å²) in [4.78, 5) is 16.9. The standard InChI is InChI=1S/C28H30F2N2O6/c1-36-20-4-7-24-22(14-20)26(10-11-31-24)37-16-21-5-8-25(27(38-21)13-19(34)15-33)32-28(35)9-2-17-12-18(29)3-6-23(17)30/h2-4,6-7,9-12,14,19,21,25,27,33-34H,5,8,13,15-16H2,1H3,(H,32,35)/b9-2+/t19-,21+,25-,27+/m1/s1. The molecule has 2 heterocycles. The minimum Gasteiger partial charge on any atom is -0.497 e. The van der Waals surface area contributed by atoms with Crippen LogP contribution in [0.2, 0.25) is 0 Å². The summed E-state index contributed by atoms with van der Waals surface area (Å²) < 4.78 is 44.8. The number of nitrogens with one attached hydrogen (secondary N) is 1. The summed E-state index contributed by atoms with van der Waals surface area (Å²) in [7, 11) is 1.58. The maximum Gasteiger partial charge on any atom is 0.244 e. The van der Waals surface area contributed by atoms with Crippen molar-refractivity contribution in [1.82, 2.24) is 10.3 Å². The van der Waals surface area contributed by atoms with E-state index in [1.807, 2.05) is 18.2 Å². The molecule has 0 spiro atoms. The fraction of sp³-hybridized carbons (Fsp3) is 0.357. The summed E-state index contributed by atoms with van der Waals surface area (Å²) in [6, 6.07) is 9.78. The third-order valence-corrected chi connectivity index (χ3v) is 6.36. The summed E-state index contributed by atoms with van der Waals surface area (Å²) in [6.45, 7) is -0.229. The number of amides is 1. The summed E-state index contributed by atoms with van der Waals surface area (Å²) >= 11 is 0. The number of fused-ring (bicyclic) bond motifs is 1. The van der Waals surface area contributed by atoms with E-state index in [4.69, 9.17) is 14.2 Å². The lowest BCUT2D eigenvalue weighted by Crippen LogP contribution is -2.51. The van der Waals surface area contributed by atoms with Gasteiger partial charge in [0.15, 0.2) is 0 Å². The first-order chi connectivity index (χ1) is 18.4. The van der Waals surface area contributed by atoms with Crippen LogP contribution >= 0.6 is 0 Å². The Bertz CT molecular complexity index is 1290. The monoisotopic (exact) mass is 528 g/mol. The lowest BCUT2D eigenvalue weighted by Gasteiger charge is -2.37. The number of hydrogen-bond acceptors (Lipinski definition) is 7. The van der Waals surface area contributed by atoms with Gasteiger partial charge in [-0.2, -0.15) is 0 Å². The number of carbonyl (C=O) groups is 1. The predicted molar refractivity (Wildman–Crippen MR) is 137 cm³/mol. The number of rotatable bonds is 10. The highest BCUT2D eigenvalue weighted by Crippen LogP contribution is 2.29. The molecule has 0 unspecified atom stereocenters. The summed E-state index contributed by atoms with van der Waals surface area (Å²) in [6.07, 6.45) is 3.18. The van der Waals surface area contributed by atoms with Crippen LogP contribution in [-0.4, -0.2) is 65.8 Å². The van der Waals surface area contributed by atoms with Crippen LogP contribution in [-0.2, 0) is 9.53 Å². The Kier molecular flexibility index (Phi) is 9.22. The highest BCUT2D eigenvalue weighted by Gasteiger charge is 2.33. The van der Waals surface area contributed by atoms with Crippen molar-refractivity contribution in [2.75, 3.05) is 20.3 Å². The molecule has 8 nitrogen and oxygen atoms in total. The van der Waals surface area contributed by atoms with Gasteiger partial charge in [0.1, 0.15) is 29.7 Å². The topological polar surface area (TPSA) is 110 Å². The van der Waals surface area contributed by atoms with E-state index in [1.54, 1.807) is 19.4 Å². The quantitative estimate of drug-likeness (QED) is 0.346. The Morgan fingerprint density at radius 2 is 2.08 bits per heavy atom. The molecule has 4 atom stereocenters. The molecule has 0 bridgehead atoms. The zero-order valence-electron chi connectivity index (χ0n) is 20.8. The normalized spacial score (nSPS) is 20.4. The van der Waals surface area contributed by atoms with Gasteiger partial charge in [-0.1, -0.05) is 0 Å². The van der Waals surface area contributed by atoms with Crippen LogP contribution in [0.25, 0.3) is 17.0 Å². The van der Waals surface area contributed by atoms with Gasteiger partial charge in [-0.15, -0.1) is 0 Å². The first-order valence-corrected chi connectivity index (χ1v) is 12.3. The third-order valence-electron chi connectivity index (χ3n) is 6.36. The molecule has 1 fully saturated rings. The fourth-order valence-electron chi connectivity index (χ4n) is 4.39. The van der Waals surface area contributed by atoms with Gasteiger partial charge in [-0.25, -0.2) is 8.78 Å². The first kappa shape index (κ1) is 27.4. The summed E-state index contributed by atoms with van der Waals surface area (Å²) in [5.74, 6) is -0.483. The molecular weight excluding hydrogens is 498 g/mol. The van der Waals surface area contributed by atoms with Crippen molar-refractivity contribution in [3.8, 4) is 11.5 Å². The molecule has 3 aromatic rings. The maximum absolute atomic E-state index is 13.8. The molecule has 38 heavy (non-hydrogen) atoms. The van der Waals surface area contributed by atoms with Gasteiger partial charge in [-0.3, -0.25) is 9.78 Å². The second-order valence-corrected chi connectivity index (χ2v) is 9.06. The van der Waals surface area contributed by atoms with Crippen LogP contribution in [0.3, 0.4) is 0 Å². The van der Waals surface area contributed by atoms with E-state index in [0.717, 1.165) is 35.2 Å². The zero-order valence-corrected chi connectivity index (χ0v) is 20.8. The highest BCUT2D eigenvalue weighted by molar-refractivity contribution is 5.92. The molecule has 2 aromatic carbocycles. The van der Waals surface area contributed by atoms with E-state index in [1.165, 1.54) is 6.08 Å². The fourth-order valence-corrected chi connectivity index (χ4v) is 4.39. The van der Waals surface area contributed by atoms with Gasteiger partial charge < -0.3 is 29.7 Å². The van der Waals surface area contributed by atoms with Crippen molar-refractivity contribution in [2.24, 2.45) is 0 Å². The molecule has 0 aliphatic carbocycles. The number of aliphatic hydroxyl groups is 2. The Morgan fingerprint density at radius 3 is 2.87 bits per heavy atom. The van der Waals surface area contributed by atoms with E-state index < -0.39 is 42.4 Å². The van der Waals surface area contributed by atoms with Crippen molar-refractivity contribution in [1.29, 1.82) is 0 Å². The van der Waals surface area contributed by atoms with Gasteiger partial charge in [0.05, 0.1) is 43.6 Å². The van der Waals surface area contributed by atoms with Crippen LogP contribution in [0.15, 0.2) is 54.7 Å². The lowest BCUT2D eigenvalue weighted by atomic mass is 9.94. The van der Waals surface area contributed by atoms with Crippen molar-refractivity contribution in [3.05, 3.63) is 71.9 Å². The van der Waals surface area contributed by atoms with Crippen molar-refractivity contribution >= 4 is 22.9 Å². The Balaban J connectivity index is 1.40. The van der Waals surface area contributed by atoms with Crippen LogP contribution < -0.4 is 14.8 Å². The molecule has 1 aromatic heterocycles. The van der Waals surface area contributed by atoms with Crippen LogP contribution in [0, 0.1) is 11.6 Å². The van der Waals surface area contributed by atoms with Gasteiger partial charge >= 0.3 is 0 Å². The lowest BCUT2D eigenvalue weighted by molar-refractivity contribution is -0.126. The number of nitrogens with zero attached hydrogens (tertiary/aromatic N) is 1. The maximum atomic E-state index is 13.8. The Labute approximate surface area is 218 Å². The van der Waals surface area contributed by atoms with E-state index in [0.29, 0.717) is 24.3 Å². The van der Waals surface area contributed by atoms with E-state index in [9.17, 15) is 23.8 Å². The van der Waals surface area contributed by atoms with Gasteiger partial charge in [0.2, 0.25) is 5.91 Å². The number of benzene rings is 2. The predicted octanol–water partition coefficient (Wildman–Crippen LogP) is 3.39. The first-order valence-electron chi connectivity index (χ1n) is 12.3. The van der Waals surface area contributed by atoms with Crippen LogP contribution in [0.5, 0.6) is 11.5 Å². The van der Waals surface area contributed by atoms with Crippen LogP contribution in [0.1, 0.15) is 24.8 Å². The largest absolute Gasteiger partial charge is 0.497 e. The second kappa shape index (κ2) is 12.8. The molecule has 1 saturated heterocycles. The third kappa shape index (κ3) is 7.03. The molecule has 0 radical (unpaired) electrons. The van der Waals surface area contributed by atoms with Crippen molar-refractivity contribution in [3.63, 3.8) is 0 Å². The highest BCUT2D eigenvalue weighted by atomic mass is 19.1. The minimum atomic E-state index is -1.03. The molecule has 1 amide bonds. The number of hydrogen-bond donors (Lipinski definition) is 3. The summed E-state index contributed by atoms with van der Waals surface area (Å²) in [5, 5.41) is 23.0. The Hall–Kier alpha value is -3.60. The smallest absolute Gasteiger partial charge is 0.244 e. The summed E-state index contributed by atoms with van der Waals surface area (Å²) in [5.41, 5.74) is 0.705. The number of aromatic nitrogens is 1. The van der Waals surface area contributed by atoms with Gasteiger partial charge in [0, 0.05) is 29.6 Å². The number of pyridine rings is 1. The Morgan fingerprint density at radius 1 is 1.24 bits per heavy atom. The number of halogens is 2. The SMILES string of the molecule is COc1ccc2nccc(OC[C@@H]3CC[C@@H](NC(=O)/C=C/c4cc(F)ccc4F)[C@H](C[C@@H](O)CO)O3)c2c1. The molecule has 0 saturated carbocycles. The minimum absolute atomic E-state index is 0.0502. The molecular formula is C28H30F2N2O6. The second-order valence-electron chi connectivity index (χ2n) is 9.06. The van der Waals surface area contributed by atoms with E-state index in [2.05, 4.69) is 10.3 Å². The average Bonchev–Trinajstić information content (AvgIpc) is 2.93. The molecule has 4 rings (SSSR count). The van der Waals surface area contributed by atoms with E-state index in [-0.39, 0.29) is 24.7 Å². The molecule has 10 heteroatoms. The van der Waals surface area contributed by atoms with Crippen molar-refractivity contribution in [2.45, 2.75) is 43.6 Å². The molecule has 3 N–H and O–H groups in total. The average molecular weight is 529 g/mol.